The second-order valence-electron chi connectivity index (χ2n) is 6.74. The normalized spacial score (nSPS) is 12.8. The molecule has 0 aromatic rings. The van der Waals surface area contributed by atoms with Crippen LogP contribution in [0.3, 0.4) is 0 Å². The van der Waals surface area contributed by atoms with Crippen molar-refractivity contribution < 1.29 is 69.5 Å². The molecule has 0 aliphatic heterocycles. The molecule has 6 heteroatoms. The largest absolute Gasteiger partial charge is 1.00 e. The van der Waals surface area contributed by atoms with Gasteiger partial charge in [0.2, 0.25) is 0 Å². The van der Waals surface area contributed by atoms with Crippen molar-refractivity contribution in [2.24, 2.45) is 0 Å². The van der Waals surface area contributed by atoms with Crippen LogP contribution in [0.25, 0.3) is 0 Å². The summed E-state index contributed by atoms with van der Waals surface area (Å²) < 4.78 is 31.3. The molecule has 0 aromatic carbocycles. The Morgan fingerprint density at radius 2 is 1.12 bits per heavy atom. The zero-order chi connectivity index (χ0) is 17.4. The Hall–Kier alpha value is 1.51. The monoisotopic (exact) mass is 388 g/mol. The van der Waals surface area contributed by atoms with E-state index in [0.29, 0.717) is 6.42 Å². The zero-order valence-corrected chi connectivity index (χ0v) is 19.9. The SMILES string of the molecule is CCCCCC(O)CCCCCCCCCCCCS(=O)(=O)[O-].[K+]. The van der Waals surface area contributed by atoms with Crippen molar-refractivity contribution in [2.45, 2.75) is 109 Å². The summed E-state index contributed by atoms with van der Waals surface area (Å²) >= 11 is 0. The third-order valence-electron chi connectivity index (χ3n) is 4.32. The molecule has 140 valence electrons. The summed E-state index contributed by atoms with van der Waals surface area (Å²) in [7, 11) is -4.02. The van der Waals surface area contributed by atoms with Crippen LogP contribution in [-0.4, -0.2) is 29.9 Å². The molecule has 0 saturated heterocycles. The number of aliphatic hydroxyl groups excluding tert-OH is 1. The molecule has 0 heterocycles. The zero-order valence-electron chi connectivity index (χ0n) is 16.0. The van der Waals surface area contributed by atoms with E-state index in [0.717, 1.165) is 44.9 Å². The molecule has 0 fully saturated rings. The van der Waals surface area contributed by atoms with E-state index < -0.39 is 10.1 Å². The van der Waals surface area contributed by atoms with Gasteiger partial charge in [0.25, 0.3) is 0 Å². The topological polar surface area (TPSA) is 77.4 Å². The third kappa shape index (κ3) is 23.5. The van der Waals surface area contributed by atoms with Crippen molar-refractivity contribution in [1.29, 1.82) is 0 Å². The van der Waals surface area contributed by atoms with E-state index >= 15 is 0 Å². The molecule has 4 nitrogen and oxygen atoms in total. The Bertz CT molecular complexity index is 347. The molecule has 0 bridgehead atoms. The van der Waals surface area contributed by atoms with Crippen LogP contribution in [0.2, 0.25) is 0 Å². The van der Waals surface area contributed by atoms with Gasteiger partial charge in [0.05, 0.1) is 16.2 Å². The average Bonchev–Trinajstić information content (AvgIpc) is 2.47. The minimum absolute atomic E-state index is 0. The Kier molecular flexibility index (Phi) is 22.3. The minimum atomic E-state index is -4.02. The molecule has 0 rings (SSSR count). The summed E-state index contributed by atoms with van der Waals surface area (Å²) in [6, 6.07) is 0. The Labute approximate surface area is 192 Å². The van der Waals surface area contributed by atoms with E-state index in [9.17, 15) is 18.1 Å². The van der Waals surface area contributed by atoms with Gasteiger partial charge in [-0.1, -0.05) is 84.0 Å². The maximum atomic E-state index is 10.4. The fourth-order valence-electron chi connectivity index (χ4n) is 2.85. The van der Waals surface area contributed by atoms with Crippen molar-refractivity contribution >= 4 is 10.1 Å². The molecule has 0 amide bonds. The first-order valence-corrected chi connectivity index (χ1v) is 11.1. The van der Waals surface area contributed by atoms with Crippen LogP contribution in [0.5, 0.6) is 0 Å². The summed E-state index contributed by atoms with van der Waals surface area (Å²) in [5, 5.41) is 9.81. The summed E-state index contributed by atoms with van der Waals surface area (Å²) in [4.78, 5) is 0. The van der Waals surface area contributed by atoms with Crippen LogP contribution in [0.1, 0.15) is 103 Å². The van der Waals surface area contributed by atoms with E-state index in [-0.39, 0.29) is 63.2 Å². The first kappa shape index (κ1) is 27.7. The Morgan fingerprint density at radius 3 is 1.54 bits per heavy atom. The van der Waals surface area contributed by atoms with Crippen molar-refractivity contribution in [3.8, 4) is 0 Å². The molecule has 1 unspecified atom stereocenters. The number of hydrogen-bond acceptors (Lipinski definition) is 4. The molecule has 0 spiro atoms. The number of rotatable bonds is 17. The van der Waals surface area contributed by atoms with Crippen LogP contribution in [0, 0.1) is 0 Å². The van der Waals surface area contributed by atoms with Crippen LogP contribution < -0.4 is 51.4 Å². The molecular weight excluding hydrogens is 351 g/mol. The molecule has 24 heavy (non-hydrogen) atoms. The van der Waals surface area contributed by atoms with Crippen molar-refractivity contribution in [1.82, 2.24) is 0 Å². The first-order chi connectivity index (χ1) is 11.0. The Balaban J connectivity index is 0. The molecular formula is C18H37KO4S. The van der Waals surface area contributed by atoms with Gasteiger partial charge < -0.3 is 9.66 Å². The van der Waals surface area contributed by atoms with Gasteiger partial charge in [0.15, 0.2) is 0 Å². The maximum Gasteiger partial charge on any atom is 1.00 e. The van der Waals surface area contributed by atoms with E-state index in [1.165, 1.54) is 44.9 Å². The predicted octanol–water partition coefficient (Wildman–Crippen LogP) is 1.77. The van der Waals surface area contributed by atoms with Gasteiger partial charge in [-0.3, -0.25) is 0 Å². The van der Waals surface area contributed by atoms with Crippen LogP contribution in [-0.2, 0) is 10.1 Å². The minimum Gasteiger partial charge on any atom is -0.748 e. The van der Waals surface area contributed by atoms with Crippen LogP contribution >= 0.6 is 0 Å². The predicted molar refractivity (Wildman–Crippen MR) is 95.5 cm³/mol. The third-order valence-corrected chi connectivity index (χ3v) is 5.11. The van der Waals surface area contributed by atoms with Gasteiger partial charge >= 0.3 is 51.4 Å². The van der Waals surface area contributed by atoms with Gasteiger partial charge in [0, 0.05) is 5.75 Å². The van der Waals surface area contributed by atoms with Crippen LogP contribution in [0.15, 0.2) is 0 Å². The Morgan fingerprint density at radius 1 is 0.750 bits per heavy atom. The molecule has 0 aliphatic rings. The van der Waals surface area contributed by atoms with Crippen molar-refractivity contribution in [3.63, 3.8) is 0 Å². The average molecular weight is 389 g/mol. The van der Waals surface area contributed by atoms with Gasteiger partial charge in [-0.25, -0.2) is 8.42 Å². The summed E-state index contributed by atoms with van der Waals surface area (Å²) in [6.45, 7) is 2.18. The number of unbranched alkanes of at least 4 members (excludes halogenated alkanes) is 11. The van der Waals surface area contributed by atoms with E-state index in [1.807, 2.05) is 0 Å². The van der Waals surface area contributed by atoms with E-state index in [1.54, 1.807) is 0 Å². The van der Waals surface area contributed by atoms with E-state index in [2.05, 4.69) is 6.92 Å². The summed E-state index contributed by atoms with van der Waals surface area (Å²) in [5.74, 6) is -0.211. The fourth-order valence-corrected chi connectivity index (χ4v) is 3.40. The van der Waals surface area contributed by atoms with Gasteiger partial charge in [-0.15, -0.1) is 0 Å². The van der Waals surface area contributed by atoms with Crippen LogP contribution in [0.4, 0.5) is 0 Å². The smallest absolute Gasteiger partial charge is 0.748 e. The summed E-state index contributed by atoms with van der Waals surface area (Å²) in [5.41, 5.74) is 0. The van der Waals surface area contributed by atoms with E-state index in [4.69, 9.17) is 0 Å². The molecule has 1 atom stereocenters. The van der Waals surface area contributed by atoms with Gasteiger partial charge in [-0.2, -0.15) is 0 Å². The fraction of sp³-hybridized carbons (Fsp3) is 1.00. The number of aliphatic hydroxyl groups is 1. The molecule has 0 radical (unpaired) electrons. The summed E-state index contributed by atoms with van der Waals surface area (Å²) in [6.07, 6.45) is 16.2. The molecule has 1 N–H and O–H groups in total. The molecule has 0 saturated carbocycles. The van der Waals surface area contributed by atoms with Gasteiger partial charge in [-0.05, 0) is 19.3 Å². The van der Waals surface area contributed by atoms with Crippen molar-refractivity contribution in [2.75, 3.05) is 5.75 Å². The second-order valence-corrected chi connectivity index (χ2v) is 8.26. The van der Waals surface area contributed by atoms with Gasteiger partial charge in [0.1, 0.15) is 0 Å². The first-order valence-electron chi connectivity index (χ1n) is 9.57. The molecule has 0 aliphatic carbocycles. The standard InChI is InChI=1S/C18H38O4S.K/c1-2-3-12-15-18(19)16-13-10-8-6-4-5-7-9-11-14-17-23(20,21)22;/h18-19H,2-17H2,1H3,(H,20,21,22);/q;+1/p-1. The maximum absolute atomic E-state index is 10.4. The number of hydrogen-bond donors (Lipinski definition) is 1. The molecule has 0 aromatic heterocycles. The second kappa shape index (κ2) is 19.3. The van der Waals surface area contributed by atoms with Crippen molar-refractivity contribution in [3.05, 3.63) is 0 Å². The quantitative estimate of drug-likeness (QED) is 0.234.